The van der Waals surface area contributed by atoms with Crippen LogP contribution in [0, 0.1) is 6.92 Å². The fraction of sp³-hybridized carbons (Fsp3) is 0.286. The van der Waals surface area contributed by atoms with E-state index < -0.39 is 5.97 Å². The zero-order valence-electron chi connectivity index (χ0n) is 16.3. The molecule has 0 aliphatic carbocycles. The molecule has 3 heterocycles. The maximum absolute atomic E-state index is 11.6. The van der Waals surface area contributed by atoms with E-state index in [0.717, 1.165) is 27.0 Å². The van der Waals surface area contributed by atoms with Crippen molar-refractivity contribution >= 4 is 34.7 Å². The Morgan fingerprint density at radius 2 is 2.03 bits per heavy atom. The number of carboxylic acids is 1. The molecule has 3 aromatic rings. The van der Waals surface area contributed by atoms with E-state index in [-0.39, 0.29) is 24.5 Å². The summed E-state index contributed by atoms with van der Waals surface area (Å²) in [5.74, 6) is 0.337. The van der Waals surface area contributed by atoms with Gasteiger partial charge >= 0.3 is 5.97 Å². The first-order valence-corrected chi connectivity index (χ1v) is 10.1. The fourth-order valence-corrected chi connectivity index (χ4v) is 3.95. The Kier molecular flexibility index (Phi) is 6.66. The minimum atomic E-state index is -0.875. The predicted molar refractivity (Wildman–Crippen MR) is 113 cm³/mol. The number of anilines is 2. The number of aliphatic carboxylic acids is 1. The third-order valence-corrected chi connectivity index (χ3v) is 5.47. The number of hydrogen-bond donors (Lipinski definition) is 2. The summed E-state index contributed by atoms with van der Waals surface area (Å²) in [5, 5.41) is 12.9. The van der Waals surface area contributed by atoms with Crippen molar-refractivity contribution in [3.8, 4) is 10.6 Å². The number of hydrogen-bond acceptors (Lipinski definition) is 7. The van der Waals surface area contributed by atoms with Crippen LogP contribution in [0.4, 0.5) is 11.6 Å². The minimum Gasteiger partial charge on any atom is -0.481 e. The van der Waals surface area contributed by atoms with E-state index in [1.807, 2.05) is 37.3 Å². The van der Waals surface area contributed by atoms with Crippen LogP contribution >= 0.6 is 11.3 Å². The van der Waals surface area contributed by atoms with Crippen LogP contribution in [0.5, 0.6) is 0 Å². The number of carbonyl (C=O) groups is 2. The molecule has 1 atom stereocenters. The van der Waals surface area contributed by atoms with Crippen molar-refractivity contribution in [2.45, 2.75) is 39.0 Å². The summed E-state index contributed by atoms with van der Waals surface area (Å²) in [6.07, 6.45) is 4.15. The van der Waals surface area contributed by atoms with Crippen LogP contribution in [-0.4, -0.2) is 31.8 Å². The number of nitrogens with one attached hydrogen (secondary N) is 1. The molecule has 150 valence electrons. The van der Waals surface area contributed by atoms with Gasteiger partial charge in [0.25, 0.3) is 0 Å². The summed E-state index contributed by atoms with van der Waals surface area (Å²) >= 11 is 1.44. The Bertz CT molecular complexity index is 1020. The van der Waals surface area contributed by atoms with Crippen molar-refractivity contribution in [1.29, 1.82) is 0 Å². The second kappa shape index (κ2) is 9.38. The van der Waals surface area contributed by atoms with E-state index in [4.69, 9.17) is 5.11 Å². The molecule has 1 unspecified atom stereocenters. The van der Waals surface area contributed by atoms with Gasteiger partial charge in [0, 0.05) is 31.2 Å². The normalized spacial score (nSPS) is 11.8. The predicted octanol–water partition coefficient (Wildman–Crippen LogP) is 4.58. The third kappa shape index (κ3) is 5.92. The fourth-order valence-electron chi connectivity index (χ4n) is 2.93. The third-order valence-electron chi connectivity index (χ3n) is 4.29. The van der Waals surface area contributed by atoms with Gasteiger partial charge in [-0.05, 0) is 50.1 Å². The minimum absolute atomic E-state index is 0.00794. The molecule has 0 saturated heterocycles. The Morgan fingerprint density at radius 3 is 2.76 bits per heavy atom. The van der Waals surface area contributed by atoms with Gasteiger partial charge in [-0.25, -0.2) is 15.0 Å². The summed E-state index contributed by atoms with van der Waals surface area (Å²) < 4.78 is 0. The van der Waals surface area contributed by atoms with Gasteiger partial charge in [-0.15, -0.1) is 11.3 Å². The van der Waals surface area contributed by atoms with Crippen LogP contribution in [0.3, 0.4) is 0 Å². The Hall–Kier alpha value is -3.13. The monoisotopic (exact) mass is 410 g/mol. The Morgan fingerprint density at radius 1 is 1.21 bits per heavy atom. The highest BCUT2D eigenvalue weighted by Gasteiger charge is 2.20. The van der Waals surface area contributed by atoms with Crippen LogP contribution in [0.1, 0.15) is 42.7 Å². The molecule has 3 aromatic heterocycles. The molecule has 0 bridgehead atoms. The van der Waals surface area contributed by atoms with Gasteiger partial charge in [-0.2, -0.15) is 0 Å². The van der Waals surface area contributed by atoms with Crippen LogP contribution in [-0.2, 0) is 9.59 Å². The molecule has 8 heteroatoms. The molecule has 0 aromatic carbocycles. The van der Waals surface area contributed by atoms with Crippen molar-refractivity contribution in [3.05, 3.63) is 53.3 Å². The number of carbonyl (C=O) groups excluding carboxylic acids is 1. The molecule has 0 aliphatic heterocycles. The number of Topliss-reactive ketones (excluding diaryl/α,β-unsaturated/α-hetero) is 1. The Balaban J connectivity index is 1.79. The van der Waals surface area contributed by atoms with E-state index in [0.29, 0.717) is 12.2 Å². The number of rotatable bonds is 9. The number of nitrogens with zero attached hydrogens (tertiary/aromatic N) is 3. The lowest BCUT2D eigenvalue weighted by molar-refractivity contribution is -0.137. The average Bonchev–Trinajstić information content (AvgIpc) is 3.15. The van der Waals surface area contributed by atoms with E-state index in [2.05, 4.69) is 20.3 Å². The summed E-state index contributed by atoms with van der Waals surface area (Å²) in [6.45, 7) is 3.51. The lowest BCUT2D eigenvalue weighted by Gasteiger charge is -2.11. The van der Waals surface area contributed by atoms with Crippen molar-refractivity contribution in [3.63, 3.8) is 0 Å². The van der Waals surface area contributed by atoms with Gasteiger partial charge in [0.05, 0.1) is 15.6 Å². The smallest absolute Gasteiger partial charge is 0.303 e. The topological polar surface area (TPSA) is 105 Å². The van der Waals surface area contributed by atoms with E-state index in [1.54, 1.807) is 12.4 Å². The summed E-state index contributed by atoms with van der Waals surface area (Å²) in [4.78, 5) is 36.8. The highest BCUT2D eigenvalue weighted by molar-refractivity contribution is 7.15. The van der Waals surface area contributed by atoms with Gasteiger partial charge in [-0.1, -0.05) is 6.07 Å². The second-order valence-electron chi connectivity index (χ2n) is 6.85. The zero-order chi connectivity index (χ0) is 20.8. The molecule has 7 nitrogen and oxygen atoms in total. The van der Waals surface area contributed by atoms with Crippen molar-refractivity contribution in [2.75, 3.05) is 5.32 Å². The number of aromatic nitrogens is 3. The molecule has 0 spiro atoms. The molecular formula is C21H22N4O3S. The number of ketones is 1. The van der Waals surface area contributed by atoms with Crippen LogP contribution in [0.15, 0.2) is 42.7 Å². The molecule has 0 amide bonds. The molecule has 0 radical (unpaired) electrons. The summed E-state index contributed by atoms with van der Waals surface area (Å²) in [6, 6.07) is 9.52. The first-order valence-electron chi connectivity index (χ1n) is 9.25. The van der Waals surface area contributed by atoms with Crippen molar-refractivity contribution < 1.29 is 14.7 Å². The van der Waals surface area contributed by atoms with E-state index in [1.165, 1.54) is 18.3 Å². The van der Waals surface area contributed by atoms with Gasteiger partial charge in [0.1, 0.15) is 17.4 Å². The lowest BCUT2D eigenvalue weighted by Crippen LogP contribution is -2.07. The maximum atomic E-state index is 11.6. The highest BCUT2D eigenvalue weighted by atomic mass is 32.1. The largest absolute Gasteiger partial charge is 0.481 e. The quantitative estimate of drug-likeness (QED) is 0.532. The molecule has 3 rings (SSSR count). The average molecular weight is 410 g/mol. The standard InChI is InChI=1S/C21H22N4O3S/c1-13-8-9-22-19(10-13)25-18-5-3-4-16(24-18)17-12-23-21(29-17)15(11-14(2)26)6-7-20(27)28/h3-5,8-10,12,15H,6-7,11H2,1-2H3,(H,27,28)(H,22,24,25). The Labute approximate surface area is 172 Å². The summed E-state index contributed by atoms with van der Waals surface area (Å²) in [7, 11) is 0. The molecule has 0 saturated carbocycles. The van der Waals surface area contributed by atoms with E-state index in [9.17, 15) is 9.59 Å². The number of pyridine rings is 2. The molecular weight excluding hydrogens is 388 g/mol. The molecule has 0 aliphatic rings. The molecule has 2 N–H and O–H groups in total. The first-order chi connectivity index (χ1) is 13.9. The maximum Gasteiger partial charge on any atom is 0.303 e. The van der Waals surface area contributed by atoms with Gasteiger partial charge < -0.3 is 15.2 Å². The second-order valence-corrected chi connectivity index (χ2v) is 7.91. The molecule has 29 heavy (non-hydrogen) atoms. The first kappa shape index (κ1) is 20.6. The van der Waals surface area contributed by atoms with E-state index >= 15 is 0 Å². The van der Waals surface area contributed by atoms with Crippen molar-refractivity contribution in [2.24, 2.45) is 0 Å². The van der Waals surface area contributed by atoms with Gasteiger partial charge in [-0.3, -0.25) is 4.79 Å². The van der Waals surface area contributed by atoms with Crippen LogP contribution < -0.4 is 5.32 Å². The van der Waals surface area contributed by atoms with Crippen LogP contribution in [0.25, 0.3) is 10.6 Å². The number of carboxylic acid groups (broad SMARTS) is 1. The highest BCUT2D eigenvalue weighted by Crippen LogP contribution is 2.33. The zero-order valence-corrected chi connectivity index (χ0v) is 17.1. The summed E-state index contributed by atoms with van der Waals surface area (Å²) in [5.41, 5.74) is 1.86. The lowest BCUT2D eigenvalue weighted by atomic mass is 9.98. The van der Waals surface area contributed by atoms with Gasteiger partial charge in [0.2, 0.25) is 0 Å². The number of thiazole rings is 1. The molecule has 0 fully saturated rings. The van der Waals surface area contributed by atoms with Crippen molar-refractivity contribution in [1.82, 2.24) is 15.0 Å². The number of aryl methyl sites for hydroxylation is 1. The van der Waals surface area contributed by atoms with Gasteiger partial charge in [0.15, 0.2) is 0 Å². The van der Waals surface area contributed by atoms with Crippen LogP contribution in [0.2, 0.25) is 0 Å². The SMILES string of the molecule is CC(=O)CC(CCC(=O)O)c1ncc(-c2cccc(Nc3cc(C)ccn3)n2)s1.